The van der Waals surface area contributed by atoms with E-state index in [9.17, 15) is 9.59 Å². The van der Waals surface area contributed by atoms with Gasteiger partial charge in [0.25, 0.3) is 5.56 Å². The highest BCUT2D eigenvalue weighted by atomic mass is 16.2. The van der Waals surface area contributed by atoms with Gasteiger partial charge in [-0.1, -0.05) is 30.3 Å². The van der Waals surface area contributed by atoms with Gasteiger partial charge in [0.2, 0.25) is 0 Å². The summed E-state index contributed by atoms with van der Waals surface area (Å²) in [5.74, 6) is 0. The van der Waals surface area contributed by atoms with Crippen molar-refractivity contribution in [2.75, 3.05) is 0 Å². The Morgan fingerprint density at radius 1 is 0.950 bits per heavy atom. The SMILES string of the molecule is O=c1[nH]c(=O)c2cc(CCc3ccccc3)cnc2[nH]1. The molecule has 0 aliphatic carbocycles. The van der Waals surface area contributed by atoms with Crippen LogP contribution in [0, 0.1) is 0 Å². The lowest BCUT2D eigenvalue weighted by molar-refractivity contribution is 0.950. The van der Waals surface area contributed by atoms with E-state index in [0.29, 0.717) is 11.0 Å². The van der Waals surface area contributed by atoms with Gasteiger partial charge < -0.3 is 0 Å². The summed E-state index contributed by atoms with van der Waals surface area (Å²) in [6, 6.07) is 11.9. The van der Waals surface area contributed by atoms with Crippen LogP contribution in [-0.4, -0.2) is 15.0 Å². The number of hydrogen-bond donors (Lipinski definition) is 2. The third-order valence-corrected chi connectivity index (χ3v) is 3.19. The van der Waals surface area contributed by atoms with Crippen LogP contribution in [0.1, 0.15) is 11.1 Å². The van der Waals surface area contributed by atoms with Crippen LogP contribution in [0.15, 0.2) is 52.2 Å². The van der Waals surface area contributed by atoms with Crippen LogP contribution in [0.25, 0.3) is 11.0 Å². The Bertz CT molecular complexity index is 850. The van der Waals surface area contributed by atoms with E-state index in [1.54, 1.807) is 12.3 Å². The van der Waals surface area contributed by atoms with Crippen molar-refractivity contribution in [3.63, 3.8) is 0 Å². The molecule has 2 heterocycles. The van der Waals surface area contributed by atoms with Gasteiger partial charge in [0.05, 0.1) is 5.39 Å². The fourth-order valence-corrected chi connectivity index (χ4v) is 2.16. The highest BCUT2D eigenvalue weighted by molar-refractivity contribution is 5.73. The minimum Gasteiger partial charge on any atom is -0.291 e. The van der Waals surface area contributed by atoms with E-state index in [1.165, 1.54) is 5.56 Å². The van der Waals surface area contributed by atoms with E-state index >= 15 is 0 Å². The number of benzene rings is 1. The third-order valence-electron chi connectivity index (χ3n) is 3.19. The Kier molecular flexibility index (Phi) is 3.16. The molecule has 0 aliphatic heterocycles. The zero-order chi connectivity index (χ0) is 13.9. The van der Waals surface area contributed by atoms with Crippen LogP contribution in [0.5, 0.6) is 0 Å². The van der Waals surface area contributed by atoms with E-state index in [1.807, 2.05) is 18.2 Å². The van der Waals surface area contributed by atoms with Gasteiger partial charge in [-0.2, -0.15) is 0 Å². The van der Waals surface area contributed by atoms with E-state index in [0.717, 1.165) is 18.4 Å². The van der Waals surface area contributed by atoms with E-state index in [4.69, 9.17) is 0 Å². The topological polar surface area (TPSA) is 78.6 Å². The van der Waals surface area contributed by atoms with Crippen LogP contribution < -0.4 is 11.2 Å². The molecule has 2 aromatic heterocycles. The fourth-order valence-electron chi connectivity index (χ4n) is 2.16. The predicted octanol–water partition coefficient (Wildman–Crippen LogP) is 1.40. The van der Waals surface area contributed by atoms with Gasteiger partial charge in [0.1, 0.15) is 5.65 Å². The average Bonchev–Trinajstić information content (AvgIpc) is 2.46. The van der Waals surface area contributed by atoms with Crippen molar-refractivity contribution < 1.29 is 0 Å². The van der Waals surface area contributed by atoms with E-state index in [2.05, 4.69) is 27.1 Å². The lowest BCUT2D eigenvalue weighted by atomic mass is 10.1. The molecule has 0 unspecified atom stereocenters. The molecule has 5 heteroatoms. The smallest absolute Gasteiger partial charge is 0.291 e. The van der Waals surface area contributed by atoms with Crippen molar-refractivity contribution in [2.45, 2.75) is 12.8 Å². The Labute approximate surface area is 114 Å². The molecule has 0 aliphatic rings. The maximum absolute atomic E-state index is 11.7. The van der Waals surface area contributed by atoms with Crippen molar-refractivity contribution >= 4 is 11.0 Å². The summed E-state index contributed by atoms with van der Waals surface area (Å²) >= 11 is 0. The molecule has 0 spiro atoms. The molecule has 0 saturated heterocycles. The third kappa shape index (κ3) is 2.51. The van der Waals surface area contributed by atoms with Gasteiger partial charge in [-0.05, 0) is 30.0 Å². The van der Waals surface area contributed by atoms with Crippen molar-refractivity contribution in [2.24, 2.45) is 0 Å². The predicted molar refractivity (Wildman–Crippen MR) is 76.8 cm³/mol. The monoisotopic (exact) mass is 267 g/mol. The molecule has 1 aromatic carbocycles. The first-order chi connectivity index (χ1) is 9.72. The van der Waals surface area contributed by atoms with Crippen LogP contribution in [0.3, 0.4) is 0 Å². The van der Waals surface area contributed by atoms with Crippen molar-refractivity contribution in [3.05, 3.63) is 74.6 Å². The van der Waals surface area contributed by atoms with Crippen LogP contribution in [0.4, 0.5) is 0 Å². The van der Waals surface area contributed by atoms with Gasteiger partial charge in [0.15, 0.2) is 0 Å². The number of fused-ring (bicyclic) bond motifs is 1. The molecule has 0 radical (unpaired) electrons. The normalized spacial score (nSPS) is 10.8. The largest absolute Gasteiger partial charge is 0.327 e. The number of rotatable bonds is 3. The molecule has 3 aromatic rings. The highest BCUT2D eigenvalue weighted by Gasteiger charge is 2.04. The zero-order valence-corrected chi connectivity index (χ0v) is 10.7. The van der Waals surface area contributed by atoms with E-state index < -0.39 is 11.2 Å². The number of nitrogens with zero attached hydrogens (tertiary/aromatic N) is 1. The molecular weight excluding hydrogens is 254 g/mol. The van der Waals surface area contributed by atoms with Gasteiger partial charge in [-0.15, -0.1) is 0 Å². The van der Waals surface area contributed by atoms with Crippen LogP contribution in [-0.2, 0) is 12.8 Å². The number of hydrogen-bond acceptors (Lipinski definition) is 3. The molecule has 0 bridgehead atoms. The Hall–Kier alpha value is -2.69. The standard InChI is InChI=1S/C15H13N3O2/c19-14-12-8-11(7-6-10-4-2-1-3-5-10)9-16-13(12)17-15(20)18-14/h1-5,8-9H,6-7H2,(H2,16,17,18,19,20). The maximum Gasteiger partial charge on any atom is 0.327 e. The van der Waals surface area contributed by atoms with Crippen LogP contribution in [0.2, 0.25) is 0 Å². The van der Waals surface area contributed by atoms with Crippen molar-refractivity contribution in [1.82, 2.24) is 15.0 Å². The minimum atomic E-state index is -0.535. The number of pyridine rings is 1. The summed E-state index contributed by atoms with van der Waals surface area (Å²) in [6.45, 7) is 0. The first-order valence-corrected chi connectivity index (χ1v) is 6.37. The average molecular weight is 267 g/mol. The summed E-state index contributed by atoms with van der Waals surface area (Å²) in [5.41, 5.74) is 1.59. The second-order valence-electron chi connectivity index (χ2n) is 4.63. The second kappa shape index (κ2) is 5.13. The molecule has 0 saturated carbocycles. The van der Waals surface area contributed by atoms with Gasteiger partial charge in [0, 0.05) is 6.20 Å². The zero-order valence-electron chi connectivity index (χ0n) is 10.7. The van der Waals surface area contributed by atoms with Crippen LogP contribution >= 0.6 is 0 Å². The fraction of sp³-hybridized carbons (Fsp3) is 0.133. The minimum absolute atomic E-state index is 0.321. The molecule has 2 N–H and O–H groups in total. The first kappa shape index (κ1) is 12.3. The summed E-state index contributed by atoms with van der Waals surface area (Å²) in [5, 5.41) is 0.412. The summed E-state index contributed by atoms with van der Waals surface area (Å²) in [6.07, 6.45) is 3.38. The van der Waals surface area contributed by atoms with Gasteiger partial charge >= 0.3 is 5.69 Å². The molecular formula is C15H13N3O2. The lowest BCUT2D eigenvalue weighted by Crippen LogP contribution is -2.22. The quantitative estimate of drug-likeness (QED) is 0.752. The summed E-state index contributed by atoms with van der Waals surface area (Å²) < 4.78 is 0. The van der Waals surface area contributed by atoms with Crippen molar-refractivity contribution in [3.8, 4) is 0 Å². The molecule has 5 nitrogen and oxygen atoms in total. The maximum atomic E-state index is 11.7. The Morgan fingerprint density at radius 2 is 1.70 bits per heavy atom. The first-order valence-electron chi connectivity index (χ1n) is 6.37. The molecule has 20 heavy (non-hydrogen) atoms. The van der Waals surface area contributed by atoms with Crippen molar-refractivity contribution in [1.29, 1.82) is 0 Å². The van der Waals surface area contributed by atoms with Gasteiger partial charge in [-0.25, -0.2) is 9.78 Å². The number of aromatic nitrogens is 3. The van der Waals surface area contributed by atoms with Gasteiger partial charge in [-0.3, -0.25) is 14.8 Å². The highest BCUT2D eigenvalue weighted by Crippen LogP contribution is 2.09. The lowest BCUT2D eigenvalue weighted by Gasteiger charge is -2.03. The molecule has 0 amide bonds. The summed E-state index contributed by atoms with van der Waals surface area (Å²) in [7, 11) is 0. The number of nitrogens with one attached hydrogen (secondary N) is 2. The molecule has 100 valence electrons. The molecule has 3 rings (SSSR count). The van der Waals surface area contributed by atoms with E-state index in [-0.39, 0.29) is 0 Å². The summed E-state index contributed by atoms with van der Waals surface area (Å²) in [4.78, 5) is 31.7. The Balaban J connectivity index is 1.90. The second-order valence-corrected chi connectivity index (χ2v) is 4.63. The number of aryl methyl sites for hydroxylation is 2. The number of aromatic amines is 2. The molecule has 0 fully saturated rings. The Morgan fingerprint density at radius 3 is 2.50 bits per heavy atom. The molecule has 0 atom stereocenters. The number of H-pyrrole nitrogens is 2.